The monoisotopic (exact) mass is 1030 g/mol. The van der Waals surface area contributed by atoms with E-state index in [4.69, 9.17) is 15.2 Å². The van der Waals surface area contributed by atoms with Crippen LogP contribution in [0.3, 0.4) is 0 Å². The summed E-state index contributed by atoms with van der Waals surface area (Å²) in [4.78, 5) is 144. The van der Waals surface area contributed by atoms with E-state index in [1.807, 2.05) is 13.8 Å². The van der Waals surface area contributed by atoms with Crippen LogP contribution in [0, 0.1) is 17.8 Å². The maximum Gasteiger partial charge on any atom is 0.328 e. The van der Waals surface area contributed by atoms with Crippen LogP contribution < -0.4 is 37.1 Å². The highest BCUT2D eigenvalue weighted by atomic mass is 16.5. The number of likely N-dealkylation sites (tertiary alicyclic amines) is 1. The molecule has 9 amide bonds. The van der Waals surface area contributed by atoms with Crippen molar-refractivity contribution in [2.45, 2.75) is 187 Å². The van der Waals surface area contributed by atoms with Gasteiger partial charge in [0, 0.05) is 32.9 Å². The number of fused-ring (bicyclic) bond motifs is 2. The Bertz CT molecular complexity index is 2150. The molecule has 3 heterocycles. The Kier molecular flexibility index (Phi) is 22.0. The summed E-state index contributed by atoms with van der Waals surface area (Å²) in [5.41, 5.74) is 6.08. The molecule has 0 radical (unpaired) electrons. The van der Waals surface area contributed by atoms with Gasteiger partial charge in [-0.1, -0.05) is 60.6 Å². The van der Waals surface area contributed by atoms with Crippen LogP contribution in [-0.2, 0) is 59.1 Å². The number of carbonyl (C=O) groups excluding carboxylic acids is 10. The maximum atomic E-state index is 14.9. The van der Waals surface area contributed by atoms with Crippen LogP contribution in [0.1, 0.15) is 125 Å². The fraction of sp³-hybridized carbons (Fsp3) is 0.686. The number of aliphatic hydroxyl groups is 1. The molecule has 22 heteroatoms. The highest BCUT2D eigenvalue weighted by Gasteiger charge is 2.46. The number of rotatable bonds is 17. The van der Waals surface area contributed by atoms with Gasteiger partial charge >= 0.3 is 5.97 Å². The Hall–Kier alpha value is -6.32. The van der Waals surface area contributed by atoms with Gasteiger partial charge in [0.05, 0.1) is 7.11 Å². The minimum absolute atomic E-state index is 0.00976. The van der Waals surface area contributed by atoms with Gasteiger partial charge in [-0.3, -0.25) is 43.2 Å². The maximum absolute atomic E-state index is 14.9. The standard InChI is InChI=1S/C51H79N9O13/c1-11-41(62)59-22-12-13-37(59)46(66)53-33(18-20-40(52)61)44(64)57-43-30(8)73-51(71)36(24-28(4)5)56-47(67)38(26-31-14-16-32(72-10)17-15-31)58(9)50(70)39(25-29(6)7)60-42(63)21-19-34(49(60)69)54-45(65)35(23-27(2)3)55-48(43)68/h14-17,27-30,33-39,42-43,63H,11-13,18-26H2,1-10H3,(H2,52,61)(H,53,66)(H,54,65)(H,55,68)(H,56,67)(H,57,64)/t30-,33+,34-,35+,36+,37+,38+,39-,42-,43+/m1/s1. The van der Waals surface area contributed by atoms with Crippen molar-refractivity contribution in [3.8, 4) is 5.75 Å². The Labute approximate surface area is 428 Å². The van der Waals surface area contributed by atoms with Gasteiger partial charge in [0.25, 0.3) is 0 Å². The van der Waals surface area contributed by atoms with E-state index in [9.17, 15) is 53.1 Å². The summed E-state index contributed by atoms with van der Waals surface area (Å²) in [7, 11) is 2.90. The predicted molar refractivity (Wildman–Crippen MR) is 266 cm³/mol. The van der Waals surface area contributed by atoms with E-state index in [0.29, 0.717) is 30.7 Å². The number of nitrogens with one attached hydrogen (secondary N) is 5. The topological polar surface area (TPSA) is 305 Å². The number of carbonyl (C=O) groups is 10. The number of methoxy groups -OCH3 is 1. The average Bonchev–Trinajstić information content (AvgIpc) is 3.83. The van der Waals surface area contributed by atoms with E-state index in [-0.39, 0.29) is 81.4 Å². The van der Waals surface area contributed by atoms with Crippen LogP contribution in [0.2, 0.25) is 0 Å². The van der Waals surface area contributed by atoms with E-state index in [0.717, 1.165) is 4.90 Å². The summed E-state index contributed by atoms with van der Waals surface area (Å²) >= 11 is 0. The Morgan fingerprint density at radius 1 is 0.822 bits per heavy atom. The molecule has 4 rings (SSSR count). The lowest BCUT2D eigenvalue weighted by Gasteiger charge is -2.43. The summed E-state index contributed by atoms with van der Waals surface area (Å²) in [5, 5.41) is 24.9. The van der Waals surface area contributed by atoms with Gasteiger partial charge in [0.1, 0.15) is 66.4 Å². The molecule has 3 fully saturated rings. The van der Waals surface area contributed by atoms with Gasteiger partial charge in [-0.05, 0) is 93.7 Å². The summed E-state index contributed by atoms with van der Waals surface area (Å²) in [6, 6.07) is -4.04. The van der Waals surface area contributed by atoms with Crippen molar-refractivity contribution >= 4 is 59.1 Å². The Balaban J connectivity index is 1.85. The SMILES string of the molecule is CCC(=O)N1CCC[C@H]1C(=O)N[C@@H](CCC(N)=O)C(=O)N[C@@H]1C(=O)N[C@@H](CC(C)C)C(=O)N[C@@H]2CC[C@@H](O)N(C2=O)[C@H](CC(C)C)C(=O)N(C)[C@@H](Cc2ccc(OC)cc2)C(=O)N[C@@H](CC(C)C)C(=O)O[C@@H]1C. The van der Waals surface area contributed by atoms with Gasteiger partial charge in [-0.15, -0.1) is 0 Å². The van der Waals surface area contributed by atoms with Crippen molar-refractivity contribution in [3.63, 3.8) is 0 Å². The molecule has 73 heavy (non-hydrogen) atoms. The number of likely N-dealkylation sites (N-methyl/N-ethyl adjacent to an activating group) is 1. The summed E-state index contributed by atoms with van der Waals surface area (Å²) in [6.07, 6.45) is -2.76. The van der Waals surface area contributed by atoms with Crippen molar-refractivity contribution in [3.05, 3.63) is 29.8 Å². The van der Waals surface area contributed by atoms with Gasteiger partial charge < -0.3 is 61.6 Å². The van der Waals surface area contributed by atoms with Crippen LogP contribution in [-0.4, -0.2) is 160 Å². The molecule has 2 bridgehead atoms. The molecule has 1 aromatic rings. The van der Waals surface area contributed by atoms with E-state index in [1.165, 1.54) is 30.9 Å². The van der Waals surface area contributed by atoms with Gasteiger partial charge in [0.2, 0.25) is 53.2 Å². The Morgan fingerprint density at radius 2 is 1.44 bits per heavy atom. The number of esters is 1. The van der Waals surface area contributed by atoms with E-state index < -0.39 is 114 Å². The highest BCUT2D eigenvalue weighted by molar-refractivity contribution is 5.99. The number of ether oxygens (including phenoxy) is 2. The fourth-order valence-corrected chi connectivity index (χ4v) is 9.50. The third kappa shape index (κ3) is 16.3. The number of benzene rings is 1. The molecule has 10 atom stereocenters. The number of nitrogens with zero attached hydrogens (tertiary/aromatic N) is 3. The molecular weight excluding hydrogens is 947 g/mol. The molecule has 0 saturated carbocycles. The minimum atomic E-state index is -1.79. The van der Waals surface area contributed by atoms with Crippen LogP contribution in [0.4, 0.5) is 0 Å². The molecule has 22 nitrogen and oxygen atoms in total. The van der Waals surface area contributed by atoms with Crippen molar-refractivity contribution in [1.82, 2.24) is 41.3 Å². The zero-order valence-electron chi connectivity index (χ0n) is 44.1. The summed E-state index contributed by atoms with van der Waals surface area (Å²) < 4.78 is 11.3. The minimum Gasteiger partial charge on any atom is -0.497 e. The number of hydrogen-bond acceptors (Lipinski definition) is 13. The normalized spacial score (nSPS) is 26.3. The van der Waals surface area contributed by atoms with Crippen molar-refractivity contribution < 1.29 is 62.5 Å². The summed E-state index contributed by atoms with van der Waals surface area (Å²) in [6.45, 7) is 14.1. The second kappa shape index (κ2) is 27.1. The van der Waals surface area contributed by atoms with Gasteiger partial charge in [-0.25, -0.2) is 4.79 Å². The fourth-order valence-electron chi connectivity index (χ4n) is 9.50. The molecule has 406 valence electrons. The second-order valence-electron chi connectivity index (χ2n) is 20.7. The van der Waals surface area contributed by atoms with Crippen molar-refractivity contribution in [2.75, 3.05) is 20.7 Å². The lowest BCUT2D eigenvalue weighted by Crippen LogP contribution is -2.65. The molecule has 8 N–H and O–H groups in total. The molecule has 3 aliphatic rings. The molecule has 0 aliphatic carbocycles. The number of aliphatic hydroxyl groups excluding tert-OH is 1. The zero-order chi connectivity index (χ0) is 54.4. The second-order valence-corrected chi connectivity index (χ2v) is 20.7. The van der Waals surface area contributed by atoms with Crippen LogP contribution >= 0.6 is 0 Å². The lowest BCUT2D eigenvalue weighted by molar-refractivity contribution is -0.166. The third-order valence-electron chi connectivity index (χ3n) is 13.4. The van der Waals surface area contributed by atoms with E-state index in [2.05, 4.69) is 26.6 Å². The van der Waals surface area contributed by atoms with E-state index >= 15 is 0 Å². The number of piperidine rings is 1. The van der Waals surface area contributed by atoms with Crippen molar-refractivity contribution in [1.29, 1.82) is 0 Å². The van der Waals surface area contributed by atoms with E-state index in [1.54, 1.807) is 58.9 Å². The number of nitrogens with two attached hydrogens (primary N) is 1. The number of amides is 9. The highest BCUT2D eigenvalue weighted by Crippen LogP contribution is 2.27. The first-order valence-electron chi connectivity index (χ1n) is 25.6. The first-order chi connectivity index (χ1) is 34.4. The number of hydrogen-bond donors (Lipinski definition) is 7. The van der Waals surface area contributed by atoms with Crippen LogP contribution in [0.15, 0.2) is 24.3 Å². The molecule has 0 unspecified atom stereocenters. The number of primary amides is 1. The zero-order valence-corrected chi connectivity index (χ0v) is 44.1. The smallest absolute Gasteiger partial charge is 0.328 e. The molecular formula is C51H79N9O13. The third-order valence-corrected chi connectivity index (χ3v) is 13.4. The molecule has 0 aromatic heterocycles. The largest absolute Gasteiger partial charge is 0.497 e. The summed E-state index contributed by atoms with van der Waals surface area (Å²) in [5.74, 6) is -7.91. The first kappa shape index (κ1) is 59.2. The molecule has 3 saturated heterocycles. The quantitative estimate of drug-likeness (QED) is 0.105. The molecule has 1 aromatic carbocycles. The molecule has 3 aliphatic heterocycles. The van der Waals surface area contributed by atoms with Gasteiger partial charge in [0.15, 0.2) is 0 Å². The Morgan fingerprint density at radius 3 is 2.03 bits per heavy atom. The van der Waals surface area contributed by atoms with Gasteiger partial charge in [-0.2, -0.15) is 0 Å². The predicted octanol–water partition coefficient (Wildman–Crippen LogP) is 0.548. The van der Waals surface area contributed by atoms with Crippen LogP contribution in [0.5, 0.6) is 5.75 Å². The average molecular weight is 1030 g/mol. The molecule has 0 spiro atoms. The number of cyclic esters (lactones) is 1. The first-order valence-corrected chi connectivity index (χ1v) is 25.6. The van der Waals surface area contributed by atoms with Crippen molar-refractivity contribution in [2.24, 2.45) is 23.5 Å². The van der Waals surface area contributed by atoms with Crippen LogP contribution in [0.25, 0.3) is 0 Å². The lowest BCUT2D eigenvalue weighted by atomic mass is 9.94.